The van der Waals surface area contributed by atoms with Crippen molar-refractivity contribution in [2.24, 2.45) is 0 Å². The van der Waals surface area contributed by atoms with Gasteiger partial charge in [-0.1, -0.05) is 35.9 Å². The van der Waals surface area contributed by atoms with Crippen molar-refractivity contribution >= 4 is 35.2 Å². The number of alkyl halides is 2. The van der Waals surface area contributed by atoms with Gasteiger partial charge in [-0.2, -0.15) is 8.78 Å². The first-order chi connectivity index (χ1) is 16.7. The van der Waals surface area contributed by atoms with E-state index in [0.29, 0.717) is 4.90 Å². The van der Waals surface area contributed by atoms with Crippen LogP contribution in [0.2, 0.25) is 6.43 Å². The molecule has 10 heteroatoms. The predicted molar refractivity (Wildman–Crippen MR) is 110 cm³/mol. The molecule has 2 heterocycles. The zero-order valence-electron chi connectivity index (χ0n) is 20.3. The Morgan fingerprint density at radius 2 is 2.00 bits per heavy atom. The number of rotatable bonds is 5. The molecule has 32 heavy (non-hydrogen) atoms. The molecule has 0 aromatic heterocycles. The second kappa shape index (κ2) is 8.31. The zero-order valence-corrected chi connectivity index (χ0v) is 17.1. The van der Waals surface area contributed by atoms with Crippen LogP contribution in [0.15, 0.2) is 42.5 Å². The minimum absolute atomic E-state index is 0.0419. The van der Waals surface area contributed by atoms with E-state index in [1.807, 2.05) is 5.32 Å². The molecule has 2 aliphatic heterocycles. The average molecular weight is 466 g/mol. The molecular weight excluding hydrogens is 444 g/mol. The molecule has 0 saturated carbocycles. The Labute approximate surface area is 192 Å². The molecule has 4 amide bonds. The predicted octanol–water partition coefficient (Wildman–Crippen LogP) is 2.51. The summed E-state index contributed by atoms with van der Waals surface area (Å²) >= 11 is 5.69. The third-order valence-corrected chi connectivity index (χ3v) is 5.26. The van der Waals surface area contributed by atoms with Crippen molar-refractivity contribution in [1.29, 1.82) is 0 Å². The van der Waals surface area contributed by atoms with Crippen LogP contribution in [0.25, 0.3) is 0 Å². The normalized spacial score (nSPS) is 24.1. The molecule has 2 aromatic rings. The number of carbonyl (C=O) groups is 4. The van der Waals surface area contributed by atoms with Crippen LogP contribution in [-0.2, 0) is 33.4 Å². The van der Waals surface area contributed by atoms with Crippen molar-refractivity contribution in [2.45, 2.75) is 37.8 Å². The highest BCUT2D eigenvalue weighted by atomic mass is 35.5. The molecule has 0 unspecified atom stereocenters. The van der Waals surface area contributed by atoms with Crippen molar-refractivity contribution in [3.63, 3.8) is 0 Å². The number of nitrogens with one attached hydrogen (secondary N) is 2. The summed E-state index contributed by atoms with van der Waals surface area (Å²) in [6.07, 6.45) is -3.48. The maximum atomic E-state index is 14.6. The number of hydrogen-bond acceptors (Lipinski definition) is 4. The third kappa shape index (κ3) is 4.08. The lowest BCUT2D eigenvalue weighted by Gasteiger charge is -2.29. The van der Waals surface area contributed by atoms with Crippen LogP contribution < -0.4 is 10.6 Å². The molecule has 0 spiro atoms. The van der Waals surface area contributed by atoms with Gasteiger partial charge in [0.2, 0.25) is 11.8 Å². The molecule has 0 bridgehead atoms. The van der Waals surface area contributed by atoms with Crippen LogP contribution in [0.3, 0.4) is 0 Å². The van der Waals surface area contributed by atoms with Crippen LogP contribution in [-0.4, -0.2) is 34.5 Å². The highest BCUT2D eigenvalue weighted by molar-refractivity contribution is 6.30. The Hall–Kier alpha value is -3.33. The molecule has 1 saturated heterocycles. The molecule has 0 radical (unpaired) electrons. The summed E-state index contributed by atoms with van der Waals surface area (Å²) in [5.74, 6) is -8.80. The number of nitrogens with zero attached hydrogens (tertiary/aromatic N) is 1. The Morgan fingerprint density at radius 1 is 1.28 bits per heavy atom. The van der Waals surface area contributed by atoms with Crippen molar-refractivity contribution in [3.8, 4) is 0 Å². The van der Waals surface area contributed by atoms with Gasteiger partial charge in [0, 0.05) is 38.4 Å². The Kier molecular flexibility index (Phi) is 4.48. The van der Waals surface area contributed by atoms with Crippen LogP contribution >= 0.6 is 11.6 Å². The van der Waals surface area contributed by atoms with Gasteiger partial charge in [0.1, 0.15) is 6.02 Å². The summed E-state index contributed by atoms with van der Waals surface area (Å²) in [5, 5.41) is 2.16. The van der Waals surface area contributed by atoms with E-state index < -0.39 is 60.5 Å². The first-order valence-corrected chi connectivity index (χ1v) is 9.79. The molecule has 7 nitrogen and oxygen atoms in total. The van der Waals surface area contributed by atoms with Crippen LogP contribution in [0.4, 0.5) is 8.78 Å². The second-order valence-corrected chi connectivity index (χ2v) is 7.60. The lowest BCUT2D eigenvalue weighted by atomic mass is 10.0. The average Bonchev–Trinajstić information content (AvgIpc) is 3.12. The van der Waals surface area contributed by atoms with E-state index in [-0.39, 0.29) is 33.6 Å². The minimum Gasteiger partial charge on any atom is -0.346 e. The van der Waals surface area contributed by atoms with Gasteiger partial charge in [-0.05, 0) is 35.7 Å². The highest BCUT2D eigenvalue weighted by Crippen LogP contribution is 2.30. The summed E-state index contributed by atoms with van der Waals surface area (Å²) in [6.45, 7) is -0.940. The molecule has 2 aliphatic rings. The number of halogens is 3. The lowest BCUT2D eigenvalue weighted by molar-refractivity contribution is -0.147. The van der Waals surface area contributed by atoms with Crippen LogP contribution in [0.1, 0.15) is 44.0 Å². The summed E-state index contributed by atoms with van der Waals surface area (Å²) in [6, 6.07) is 5.59. The minimum atomic E-state index is -4.00. The standard InChI is InChI=1S/C22H18ClF2N3O4/c23-15-4-2-14(3-5-15)22(24,25)21(32)26-10-12-1-6-16-13(9-12)11-28(20(16)31)17-7-8-18(29)27-19(17)30/h1-6,9,17H,7-8,10-11H2,(H,26,32)(H,27,29,30)/t17-/m0/s1/i7D2,17D/hD. The monoisotopic (exact) mass is 465 g/mol. The fraction of sp³-hybridized carbons (Fsp3) is 0.273. The topological polar surface area (TPSA) is 95.6 Å². The van der Waals surface area contributed by atoms with Crippen LogP contribution in [0.5, 0.6) is 0 Å². The highest BCUT2D eigenvalue weighted by Gasteiger charge is 2.41. The van der Waals surface area contributed by atoms with Gasteiger partial charge in [0.25, 0.3) is 11.8 Å². The van der Waals surface area contributed by atoms with E-state index in [1.165, 1.54) is 30.3 Å². The molecule has 2 N–H and O–H groups in total. The van der Waals surface area contributed by atoms with Crippen molar-refractivity contribution in [1.82, 2.24) is 15.5 Å². The molecule has 1 atom stereocenters. The maximum absolute atomic E-state index is 14.6. The summed E-state index contributed by atoms with van der Waals surface area (Å²) in [4.78, 5) is 50.0. The van der Waals surface area contributed by atoms with Crippen molar-refractivity contribution < 1.29 is 33.5 Å². The SMILES string of the molecule is [2H]N(Cc1ccc2c(c1)CN([C@]1([2H])C(=O)NC(=O)CC1([2H])[2H])C2=O)C(=O)C(F)(F)c1ccc(Cl)cc1. The number of imide groups is 1. The lowest BCUT2D eigenvalue weighted by Crippen LogP contribution is -2.52. The molecular formula is C22H18ClF2N3O4. The molecule has 1 fully saturated rings. The van der Waals surface area contributed by atoms with E-state index in [9.17, 15) is 28.0 Å². The van der Waals surface area contributed by atoms with Crippen molar-refractivity contribution in [3.05, 3.63) is 69.7 Å². The number of fused-ring (bicyclic) bond motifs is 1. The fourth-order valence-corrected chi connectivity index (χ4v) is 3.52. The number of piperidine rings is 1. The maximum Gasteiger partial charge on any atom is 0.349 e. The quantitative estimate of drug-likeness (QED) is 0.663. The summed E-state index contributed by atoms with van der Waals surface area (Å²) < 4.78 is 61.8. The smallest absolute Gasteiger partial charge is 0.346 e. The molecule has 2 aromatic carbocycles. The Morgan fingerprint density at radius 3 is 2.69 bits per heavy atom. The van der Waals surface area contributed by atoms with Gasteiger partial charge < -0.3 is 10.2 Å². The van der Waals surface area contributed by atoms with E-state index in [0.717, 1.165) is 12.1 Å². The molecule has 166 valence electrons. The Balaban J connectivity index is 1.55. The van der Waals surface area contributed by atoms with E-state index in [1.54, 1.807) is 0 Å². The van der Waals surface area contributed by atoms with Gasteiger partial charge in [0.15, 0.2) is 1.41 Å². The van der Waals surface area contributed by atoms with Gasteiger partial charge in [-0.3, -0.25) is 24.5 Å². The summed E-state index contributed by atoms with van der Waals surface area (Å²) in [7, 11) is 0. The van der Waals surface area contributed by atoms with Gasteiger partial charge in [0.05, 0.1) is 1.37 Å². The first-order valence-electron chi connectivity index (χ1n) is 11.4. The van der Waals surface area contributed by atoms with E-state index in [4.69, 9.17) is 17.1 Å². The number of hydrogen-bond donors (Lipinski definition) is 2. The molecule has 0 aliphatic carbocycles. The van der Waals surface area contributed by atoms with E-state index in [2.05, 4.69) is 0 Å². The van der Waals surface area contributed by atoms with Gasteiger partial charge >= 0.3 is 5.92 Å². The number of amides is 4. The fourth-order valence-electron chi connectivity index (χ4n) is 3.39. The van der Waals surface area contributed by atoms with Crippen LogP contribution in [0, 0.1) is 0 Å². The largest absolute Gasteiger partial charge is 0.349 e. The number of carbonyl (C=O) groups excluding carboxylic acids is 4. The zero-order chi connectivity index (χ0) is 26.6. The molecule has 4 rings (SSSR count). The Bertz CT molecular complexity index is 1290. The van der Waals surface area contributed by atoms with Gasteiger partial charge in [-0.15, -0.1) is 0 Å². The first kappa shape index (κ1) is 17.3. The third-order valence-electron chi connectivity index (χ3n) is 5.01. The van der Waals surface area contributed by atoms with Gasteiger partial charge in [-0.25, -0.2) is 0 Å². The second-order valence-electron chi connectivity index (χ2n) is 7.16. The summed E-state index contributed by atoms with van der Waals surface area (Å²) in [5.41, 5.74) is -0.136. The van der Waals surface area contributed by atoms with E-state index >= 15 is 0 Å². The van der Waals surface area contributed by atoms with Crippen molar-refractivity contribution in [2.75, 3.05) is 0 Å². The number of benzene rings is 2.